The fourth-order valence-electron chi connectivity index (χ4n) is 4.38. The third-order valence-corrected chi connectivity index (χ3v) is 6.28. The van der Waals surface area contributed by atoms with Gasteiger partial charge in [-0.15, -0.1) is 0 Å². The number of aldehydes is 1. The highest BCUT2D eigenvalue weighted by molar-refractivity contribution is 5.79. The molecule has 0 atom stereocenters. The Bertz CT molecular complexity index is 963. The largest absolute Gasteiger partial charge is 0.487 e. The molecule has 0 aromatic carbocycles. The van der Waals surface area contributed by atoms with Crippen molar-refractivity contribution in [1.82, 2.24) is 19.4 Å². The smallest absolute Gasteiger partial charge is 0.214 e. The van der Waals surface area contributed by atoms with Gasteiger partial charge in [0, 0.05) is 31.7 Å². The van der Waals surface area contributed by atoms with E-state index in [1.807, 2.05) is 12.5 Å². The lowest BCUT2D eigenvalue weighted by atomic mass is 9.90. The molecule has 2 aromatic rings. The molecule has 0 unspecified atom stereocenters. The van der Waals surface area contributed by atoms with Gasteiger partial charge < -0.3 is 18.8 Å². The van der Waals surface area contributed by atoms with E-state index in [0.717, 1.165) is 58.4 Å². The molecule has 4 rings (SSSR count). The Balaban J connectivity index is 1.40. The summed E-state index contributed by atoms with van der Waals surface area (Å²) in [5.74, 6) is 0.927. The minimum atomic E-state index is 0.348. The number of carbonyl (C=O) groups excluding carboxylic acids is 1. The number of hydrogen-bond acceptors (Lipinski definition) is 7. The van der Waals surface area contributed by atoms with E-state index < -0.39 is 0 Å². The lowest BCUT2D eigenvalue weighted by Crippen LogP contribution is -2.38. The van der Waals surface area contributed by atoms with E-state index in [1.54, 1.807) is 12.3 Å². The van der Waals surface area contributed by atoms with E-state index in [0.29, 0.717) is 36.4 Å². The van der Waals surface area contributed by atoms with Gasteiger partial charge in [0.2, 0.25) is 5.88 Å². The second-order valence-electron chi connectivity index (χ2n) is 8.84. The molecule has 8 nitrogen and oxygen atoms in total. The van der Waals surface area contributed by atoms with Gasteiger partial charge in [-0.05, 0) is 50.7 Å². The first-order valence-electron chi connectivity index (χ1n) is 11.9. The number of hydrogen-bond donors (Lipinski definition) is 0. The molecule has 0 amide bonds. The van der Waals surface area contributed by atoms with Gasteiger partial charge in [0.15, 0.2) is 6.29 Å². The molecule has 2 aliphatic rings. The van der Waals surface area contributed by atoms with Crippen LogP contribution in [0, 0.1) is 0 Å². The zero-order valence-electron chi connectivity index (χ0n) is 19.7. The summed E-state index contributed by atoms with van der Waals surface area (Å²) in [7, 11) is 0. The van der Waals surface area contributed by atoms with Crippen LogP contribution < -0.4 is 9.47 Å². The van der Waals surface area contributed by atoms with Crippen molar-refractivity contribution in [2.45, 2.75) is 45.6 Å². The Morgan fingerprint density at radius 3 is 2.76 bits per heavy atom. The normalized spacial score (nSPS) is 17.4. The Hall–Kier alpha value is -2.71. The highest BCUT2D eigenvalue weighted by Crippen LogP contribution is 2.34. The molecule has 1 aliphatic carbocycles. The Morgan fingerprint density at radius 1 is 1.15 bits per heavy atom. The average Bonchev–Trinajstić information content (AvgIpc) is 3.34. The first kappa shape index (κ1) is 23.4. The standard InChI is InChI=1S/C25H34N4O4/c1-19(2)29-18-26-14-23(29)22-6-4-3-5-20(22)17-33-24-15-27-25(13-21(24)16-30)32-12-9-28-7-10-31-11-8-28/h13-16,18-19H,3-12,17H2,1-2H3. The van der Waals surface area contributed by atoms with Gasteiger partial charge in [0.05, 0.1) is 43.2 Å². The Morgan fingerprint density at radius 2 is 1.97 bits per heavy atom. The van der Waals surface area contributed by atoms with Crippen molar-refractivity contribution in [2.75, 3.05) is 46.1 Å². The molecule has 178 valence electrons. The van der Waals surface area contributed by atoms with Crippen LogP contribution in [0.15, 0.2) is 30.4 Å². The van der Waals surface area contributed by atoms with Crippen LogP contribution in [0.4, 0.5) is 0 Å². The van der Waals surface area contributed by atoms with Crippen molar-refractivity contribution < 1.29 is 19.0 Å². The number of ether oxygens (including phenoxy) is 3. The van der Waals surface area contributed by atoms with Crippen LogP contribution in [0.1, 0.15) is 61.6 Å². The summed E-state index contributed by atoms with van der Waals surface area (Å²) in [4.78, 5) is 22.7. The minimum Gasteiger partial charge on any atom is -0.487 e. The van der Waals surface area contributed by atoms with Crippen LogP contribution in [-0.4, -0.2) is 71.8 Å². The molecule has 3 heterocycles. The monoisotopic (exact) mass is 454 g/mol. The van der Waals surface area contributed by atoms with Crippen LogP contribution in [0.3, 0.4) is 0 Å². The van der Waals surface area contributed by atoms with Crippen LogP contribution in [0.5, 0.6) is 11.6 Å². The topological polar surface area (TPSA) is 78.7 Å². The van der Waals surface area contributed by atoms with Crippen molar-refractivity contribution >= 4 is 11.9 Å². The van der Waals surface area contributed by atoms with Gasteiger partial charge in [-0.25, -0.2) is 9.97 Å². The predicted octanol–water partition coefficient (Wildman–Crippen LogP) is 3.79. The fraction of sp³-hybridized carbons (Fsp3) is 0.560. The van der Waals surface area contributed by atoms with Gasteiger partial charge >= 0.3 is 0 Å². The van der Waals surface area contributed by atoms with E-state index in [1.165, 1.54) is 23.3 Å². The SMILES string of the molecule is CC(C)n1cncc1C1=C(COc2cnc(OCCN3CCOCC3)cc2C=O)CCCC1. The van der Waals surface area contributed by atoms with Crippen molar-refractivity contribution in [2.24, 2.45) is 0 Å². The number of imidazole rings is 1. The maximum absolute atomic E-state index is 11.7. The predicted molar refractivity (Wildman–Crippen MR) is 126 cm³/mol. The number of pyridine rings is 1. The third-order valence-electron chi connectivity index (χ3n) is 6.28. The molecule has 1 fully saturated rings. The molecule has 2 aromatic heterocycles. The molecule has 8 heteroatoms. The number of nitrogens with zero attached hydrogens (tertiary/aromatic N) is 4. The maximum atomic E-state index is 11.7. The van der Waals surface area contributed by atoms with Gasteiger partial charge in [-0.2, -0.15) is 0 Å². The van der Waals surface area contributed by atoms with E-state index in [-0.39, 0.29) is 0 Å². The summed E-state index contributed by atoms with van der Waals surface area (Å²) in [6.07, 6.45) is 10.6. The van der Waals surface area contributed by atoms with Crippen molar-refractivity contribution in [3.8, 4) is 11.6 Å². The van der Waals surface area contributed by atoms with Crippen LogP contribution >= 0.6 is 0 Å². The lowest BCUT2D eigenvalue weighted by Gasteiger charge is -2.26. The van der Waals surface area contributed by atoms with Gasteiger partial charge in [-0.1, -0.05) is 0 Å². The quantitative estimate of drug-likeness (QED) is 0.506. The summed E-state index contributed by atoms with van der Waals surface area (Å²) >= 11 is 0. The third kappa shape index (κ3) is 6.00. The first-order chi connectivity index (χ1) is 16.2. The molecule has 0 N–H and O–H groups in total. The zero-order chi connectivity index (χ0) is 23.0. The lowest BCUT2D eigenvalue weighted by molar-refractivity contribution is 0.0320. The number of carbonyl (C=O) groups is 1. The first-order valence-corrected chi connectivity index (χ1v) is 11.9. The summed E-state index contributed by atoms with van der Waals surface area (Å²) < 4.78 is 19.4. The van der Waals surface area contributed by atoms with Gasteiger partial charge in [-0.3, -0.25) is 9.69 Å². The van der Waals surface area contributed by atoms with Gasteiger partial charge in [0.25, 0.3) is 0 Å². The van der Waals surface area contributed by atoms with E-state index >= 15 is 0 Å². The summed E-state index contributed by atoms with van der Waals surface area (Å²) in [6, 6.07) is 2.01. The fourth-order valence-corrected chi connectivity index (χ4v) is 4.38. The summed E-state index contributed by atoms with van der Waals surface area (Å²) in [6.45, 7) is 9.45. The highest BCUT2D eigenvalue weighted by atomic mass is 16.5. The zero-order valence-corrected chi connectivity index (χ0v) is 19.7. The van der Waals surface area contributed by atoms with Crippen molar-refractivity contribution in [3.05, 3.63) is 41.6 Å². The maximum Gasteiger partial charge on any atom is 0.214 e. The molecule has 0 bridgehead atoms. The molecular formula is C25H34N4O4. The number of morpholine rings is 1. The molecular weight excluding hydrogens is 420 g/mol. The number of rotatable bonds is 10. The molecule has 0 radical (unpaired) electrons. The Labute approximate surface area is 195 Å². The van der Waals surface area contributed by atoms with Crippen LogP contribution in [-0.2, 0) is 4.74 Å². The van der Waals surface area contributed by atoms with E-state index in [2.05, 4.69) is 33.3 Å². The molecule has 0 saturated carbocycles. The second kappa shape index (κ2) is 11.4. The van der Waals surface area contributed by atoms with Crippen LogP contribution in [0.2, 0.25) is 0 Å². The molecule has 0 spiro atoms. The number of aromatic nitrogens is 3. The van der Waals surface area contributed by atoms with E-state index in [4.69, 9.17) is 14.2 Å². The Kier molecular flexibility index (Phi) is 8.12. The van der Waals surface area contributed by atoms with Gasteiger partial charge in [0.1, 0.15) is 19.0 Å². The molecule has 1 aliphatic heterocycles. The second-order valence-corrected chi connectivity index (χ2v) is 8.84. The molecule has 1 saturated heterocycles. The van der Waals surface area contributed by atoms with Crippen LogP contribution in [0.25, 0.3) is 5.57 Å². The molecule has 33 heavy (non-hydrogen) atoms. The number of allylic oxidation sites excluding steroid dienone is 1. The minimum absolute atomic E-state index is 0.348. The summed E-state index contributed by atoms with van der Waals surface area (Å²) in [5.41, 5.74) is 4.21. The van der Waals surface area contributed by atoms with Crippen molar-refractivity contribution in [3.63, 3.8) is 0 Å². The summed E-state index contributed by atoms with van der Waals surface area (Å²) in [5, 5.41) is 0. The average molecular weight is 455 g/mol. The highest BCUT2D eigenvalue weighted by Gasteiger charge is 2.19. The van der Waals surface area contributed by atoms with Crippen molar-refractivity contribution in [1.29, 1.82) is 0 Å². The van der Waals surface area contributed by atoms with E-state index in [9.17, 15) is 4.79 Å².